The molecule has 0 saturated heterocycles. The molecule has 1 aromatic carbocycles. The zero-order valence-electron chi connectivity index (χ0n) is 10.6. The number of rotatable bonds is 8. The van der Waals surface area contributed by atoms with E-state index in [4.69, 9.17) is 0 Å². The summed E-state index contributed by atoms with van der Waals surface area (Å²) in [6.45, 7) is 8.65. The molecule has 0 fully saturated rings. The first-order valence-electron chi connectivity index (χ1n) is 6.30. The van der Waals surface area contributed by atoms with Crippen LogP contribution in [0.1, 0.15) is 24.5 Å². The van der Waals surface area contributed by atoms with Crippen LogP contribution in [0.15, 0.2) is 24.3 Å². The molecule has 0 atom stereocenters. The lowest BCUT2D eigenvalue weighted by Gasteiger charge is -2.05. The summed E-state index contributed by atoms with van der Waals surface area (Å²) in [7, 11) is 0. The highest BCUT2D eigenvalue weighted by atomic mass is 14.9. The molecular formula is C14H24N2. The molecule has 0 aliphatic rings. The van der Waals surface area contributed by atoms with Crippen molar-refractivity contribution < 1.29 is 0 Å². The third-order valence-corrected chi connectivity index (χ3v) is 2.67. The summed E-state index contributed by atoms with van der Waals surface area (Å²) in [4.78, 5) is 0. The Kier molecular flexibility index (Phi) is 6.86. The number of hydrogen-bond donors (Lipinski definition) is 2. The second-order valence-corrected chi connectivity index (χ2v) is 4.19. The zero-order chi connectivity index (χ0) is 11.6. The summed E-state index contributed by atoms with van der Waals surface area (Å²) in [5.41, 5.74) is 2.76. The van der Waals surface area contributed by atoms with E-state index in [1.807, 2.05) is 0 Å². The third-order valence-electron chi connectivity index (χ3n) is 2.67. The first-order valence-corrected chi connectivity index (χ1v) is 6.30. The molecule has 1 rings (SSSR count). The van der Waals surface area contributed by atoms with Crippen LogP contribution < -0.4 is 10.6 Å². The highest BCUT2D eigenvalue weighted by molar-refractivity contribution is 5.21. The van der Waals surface area contributed by atoms with Crippen LogP contribution in [0.3, 0.4) is 0 Å². The Bertz CT molecular complexity index is 267. The van der Waals surface area contributed by atoms with Crippen molar-refractivity contribution in [3.8, 4) is 0 Å². The van der Waals surface area contributed by atoms with E-state index < -0.39 is 0 Å². The molecule has 0 unspecified atom stereocenters. The molecule has 1 aromatic rings. The fraction of sp³-hybridized carbons (Fsp3) is 0.571. The molecule has 0 saturated carbocycles. The molecule has 0 heterocycles. The minimum Gasteiger partial charge on any atom is -0.317 e. The van der Waals surface area contributed by atoms with E-state index in [1.165, 1.54) is 17.5 Å². The van der Waals surface area contributed by atoms with Crippen LogP contribution in [0.5, 0.6) is 0 Å². The van der Waals surface area contributed by atoms with Gasteiger partial charge in [-0.1, -0.05) is 36.8 Å². The van der Waals surface area contributed by atoms with Crippen LogP contribution >= 0.6 is 0 Å². The minimum atomic E-state index is 1.07. The quantitative estimate of drug-likeness (QED) is 0.656. The molecule has 90 valence electrons. The van der Waals surface area contributed by atoms with E-state index >= 15 is 0 Å². The maximum Gasteiger partial charge on any atom is -0.000834 e. The summed E-state index contributed by atoms with van der Waals surface area (Å²) in [5, 5.41) is 6.79. The largest absolute Gasteiger partial charge is 0.317 e. The fourth-order valence-corrected chi connectivity index (χ4v) is 1.63. The molecule has 0 spiro atoms. The fourth-order valence-electron chi connectivity index (χ4n) is 1.63. The lowest BCUT2D eigenvalue weighted by atomic mass is 10.1. The van der Waals surface area contributed by atoms with Gasteiger partial charge in [0.15, 0.2) is 0 Å². The average molecular weight is 220 g/mol. The number of nitrogens with one attached hydrogen (secondary N) is 2. The topological polar surface area (TPSA) is 24.1 Å². The lowest BCUT2D eigenvalue weighted by molar-refractivity contribution is 0.606. The Hall–Kier alpha value is -0.860. The predicted octanol–water partition coefficient (Wildman–Crippen LogP) is 2.13. The highest BCUT2D eigenvalue weighted by Crippen LogP contribution is 2.02. The van der Waals surface area contributed by atoms with Crippen molar-refractivity contribution in [2.24, 2.45) is 0 Å². The Morgan fingerprint density at radius 1 is 0.938 bits per heavy atom. The van der Waals surface area contributed by atoms with Gasteiger partial charge in [-0.15, -0.1) is 0 Å². The molecule has 2 N–H and O–H groups in total. The maximum atomic E-state index is 3.47. The van der Waals surface area contributed by atoms with Crippen molar-refractivity contribution in [3.63, 3.8) is 0 Å². The summed E-state index contributed by atoms with van der Waals surface area (Å²) in [5.74, 6) is 0. The summed E-state index contributed by atoms with van der Waals surface area (Å²) in [6, 6.07) is 8.80. The van der Waals surface area contributed by atoms with Crippen LogP contribution in [0.2, 0.25) is 0 Å². The van der Waals surface area contributed by atoms with Gasteiger partial charge in [0.1, 0.15) is 0 Å². The molecular weight excluding hydrogens is 196 g/mol. The predicted molar refractivity (Wildman–Crippen MR) is 70.9 cm³/mol. The number of benzene rings is 1. The SMILES string of the molecule is CCNCCCNCCc1ccc(C)cc1. The number of hydrogen-bond acceptors (Lipinski definition) is 2. The van der Waals surface area contributed by atoms with Crippen molar-refractivity contribution in [1.82, 2.24) is 10.6 Å². The van der Waals surface area contributed by atoms with Gasteiger partial charge < -0.3 is 10.6 Å². The second-order valence-electron chi connectivity index (χ2n) is 4.19. The molecule has 2 nitrogen and oxygen atoms in total. The number of aryl methyl sites for hydroxylation is 1. The van der Waals surface area contributed by atoms with Crippen molar-refractivity contribution in [1.29, 1.82) is 0 Å². The van der Waals surface area contributed by atoms with Crippen LogP contribution in [-0.2, 0) is 6.42 Å². The van der Waals surface area contributed by atoms with Crippen molar-refractivity contribution in [2.45, 2.75) is 26.7 Å². The normalized spacial score (nSPS) is 10.6. The van der Waals surface area contributed by atoms with Gasteiger partial charge in [0.2, 0.25) is 0 Å². The monoisotopic (exact) mass is 220 g/mol. The van der Waals surface area contributed by atoms with E-state index in [1.54, 1.807) is 0 Å². The standard InChI is InChI=1S/C14H24N2/c1-3-15-10-4-11-16-12-9-14-7-5-13(2)6-8-14/h5-8,15-16H,3-4,9-12H2,1-2H3. The van der Waals surface area contributed by atoms with Gasteiger partial charge in [-0.3, -0.25) is 0 Å². The van der Waals surface area contributed by atoms with E-state index in [0.717, 1.165) is 32.6 Å². The summed E-state index contributed by atoms with van der Waals surface area (Å²) in [6.07, 6.45) is 2.34. The maximum absolute atomic E-state index is 3.47. The van der Waals surface area contributed by atoms with Crippen molar-refractivity contribution in [2.75, 3.05) is 26.2 Å². The Labute approximate surface area is 99.5 Å². The highest BCUT2D eigenvalue weighted by Gasteiger charge is 1.92. The van der Waals surface area contributed by atoms with Crippen LogP contribution in [0, 0.1) is 6.92 Å². The van der Waals surface area contributed by atoms with Gasteiger partial charge in [0, 0.05) is 0 Å². The third kappa shape index (κ3) is 5.89. The second kappa shape index (κ2) is 8.31. The zero-order valence-corrected chi connectivity index (χ0v) is 10.6. The summed E-state index contributed by atoms with van der Waals surface area (Å²) >= 11 is 0. The van der Waals surface area contributed by atoms with Gasteiger partial charge in [-0.25, -0.2) is 0 Å². The Morgan fingerprint density at radius 2 is 1.62 bits per heavy atom. The van der Waals surface area contributed by atoms with Crippen LogP contribution in [-0.4, -0.2) is 26.2 Å². The molecule has 16 heavy (non-hydrogen) atoms. The van der Waals surface area contributed by atoms with Gasteiger partial charge in [-0.05, 0) is 51.5 Å². The van der Waals surface area contributed by atoms with E-state index in [9.17, 15) is 0 Å². The molecule has 0 radical (unpaired) electrons. The van der Waals surface area contributed by atoms with Gasteiger partial charge >= 0.3 is 0 Å². The Morgan fingerprint density at radius 3 is 2.31 bits per heavy atom. The van der Waals surface area contributed by atoms with Crippen LogP contribution in [0.4, 0.5) is 0 Å². The van der Waals surface area contributed by atoms with E-state index in [0.29, 0.717) is 0 Å². The lowest BCUT2D eigenvalue weighted by Crippen LogP contribution is -2.23. The van der Waals surface area contributed by atoms with E-state index in [2.05, 4.69) is 48.7 Å². The first kappa shape index (κ1) is 13.2. The Balaban J connectivity index is 2.01. The average Bonchev–Trinajstić information content (AvgIpc) is 2.30. The van der Waals surface area contributed by atoms with Gasteiger partial charge in [-0.2, -0.15) is 0 Å². The first-order chi connectivity index (χ1) is 7.83. The van der Waals surface area contributed by atoms with Crippen LogP contribution in [0.25, 0.3) is 0 Å². The van der Waals surface area contributed by atoms with Gasteiger partial charge in [0.05, 0.1) is 0 Å². The smallest absolute Gasteiger partial charge is 0.000834 e. The molecule has 2 heteroatoms. The molecule has 0 aromatic heterocycles. The van der Waals surface area contributed by atoms with Crippen molar-refractivity contribution in [3.05, 3.63) is 35.4 Å². The van der Waals surface area contributed by atoms with Crippen molar-refractivity contribution >= 4 is 0 Å². The molecule has 0 aliphatic heterocycles. The van der Waals surface area contributed by atoms with E-state index in [-0.39, 0.29) is 0 Å². The summed E-state index contributed by atoms with van der Waals surface area (Å²) < 4.78 is 0. The minimum absolute atomic E-state index is 1.07. The molecule has 0 bridgehead atoms. The molecule has 0 amide bonds. The van der Waals surface area contributed by atoms with Gasteiger partial charge in [0.25, 0.3) is 0 Å². The molecule has 0 aliphatic carbocycles.